The highest BCUT2D eigenvalue weighted by Gasteiger charge is 2.43. The highest BCUT2D eigenvalue weighted by molar-refractivity contribution is 7.19. The molecule has 5 heteroatoms. The molecule has 0 saturated heterocycles. The van der Waals surface area contributed by atoms with Crippen LogP contribution in [0.25, 0.3) is 49.7 Å². The summed E-state index contributed by atoms with van der Waals surface area (Å²) in [7, 11) is -2.74. The Morgan fingerprint density at radius 1 is 0.390 bits per heavy atom. The van der Waals surface area contributed by atoms with E-state index in [-0.39, 0.29) is 6.92 Å². The molecule has 2 aliphatic rings. The van der Waals surface area contributed by atoms with Crippen LogP contribution in [0.4, 0.5) is 0 Å². The zero-order valence-corrected chi connectivity index (χ0v) is 33.1. The molecule has 276 valence electrons. The van der Waals surface area contributed by atoms with Crippen LogP contribution in [-0.4, -0.2) is 19.6 Å². The summed E-state index contributed by atoms with van der Waals surface area (Å²) in [5, 5.41) is 7.86. The fourth-order valence-corrected chi connectivity index (χ4v) is 14.7. The number of hydrogen-bond acceptors (Lipinski definition) is 2. The Kier molecular flexibility index (Phi) is 7.65. The molecule has 0 amide bonds. The van der Waals surface area contributed by atoms with E-state index in [9.17, 15) is 0 Å². The van der Waals surface area contributed by atoms with E-state index in [0.717, 1.165) is 56.1 Å². The van der Waals surface area contributed by atoms with Gasteiger partial charge in [0.2, 0.25) is 0 Å². The van der Waals surface area contributed by atoms with Crippen molar-refractivity contribution in [3.63, 3.8) is 0 Å². The first-order valence-corrected chi connectivity index (χ1v) is 22.3. The van der Waals surface area contributed by atoms with E-state index in [1.54, 1.807) is 0 Å². The van der Waals surface area contributed by atoms with Crippen LogP contribution in [-0.2, 0) is 0 Å². The Balaban J connectivity index is 1.04. The molecule has 0 unspecified atom stereocenters. The molecule has 9 aromatic carbocycles. The van der Waals surface area contributed by atoms with Gasteiger partial charge in [-0.05, 0) is 86.0 Å². The lowest BCUT2D eigenvalue weighted by molar-refractivity contribution is 0.479. The fraction of sp³-hybridized carbons (Fsp3) is 0. The lowest BCUT2D eigenvalue weighted by atomic mass is 9.50. The first-order valence-electron chi connectivity index (χ1n) is 20.3. The number of benzene rings is 9. The molecule has 1 aromatic heterocycles. The number of para-hydroxylation sites is 3. The van der Waals surface area contributed by atoms with Crippen molar-refractivity contribution < 1.29 is 9.39 Å². The second-order valence-electron chi connectivity index (χ2n) is 15.6. The van der Waals surface area contributed by atoms with Crippen molar-refractivity contribution in [2.45, 2.75) is 0 Å². The van der Waals surface area contributed by atoms with Crippen LogP contribution in [0, 0.1) is 0 Å². The van der Waals surface area contributed by atoms with E-state index in [1.165, 1.54) is 42.6 Å². The number of hydrogen-bond donors (Lipinski definition) is 0. The highest BCUT2D eigenvalue weighted by atomic mass is 28.3. The van der Waals surface area contributed by atoms with Gasteiger partial charge in [-0.3, -0.25) is 0 Å². The summed E-state index contributed by atoms with van der Waals surface area (Å²) in [6.45, 7) is -0.332. The van der Waals surface area contributed by atoms with Gasteiger partial charge in [0, 0.05) is 32.9 Å². The maximum absolute atomic E-state index is 6.99. The van der Waals surface area contributed by atoms with Crippen molar-refractivity contribution in [3.8, 4) is 45.2 Å². The van der Waals surface area contributed by atoms with Gasteiger partial charge in [-0.2, -0.15) is 0 Å². The molecule has 3 nitrogen and oxygen atoms in total. The fourth-order valence-electron chi connectivity index (χ4n) is 9.86. The predicted octanol–water partition coefficient (Wildman–Crippen LogP) is 9.10. The van der Waals surface area contributed by atoms with Gasteiger partial charge in [-0.1, -0.05) is 170 Å². The molecule has 0 saturated carbocycles. The van der Waals surface area contributed by atoms with E-state index in [4.69, 9.17) is 9.39 Å². The maximum atomic E-state index is 6.99. The van der Waals surface area contributed by atoms with Crippen molar-refractivity contribution in [1.82, 2.24) is 4.57 Å². The minimum atomic E-state index is -2.74. The van der Waals surface area contributed by atoms with Crippen LogP contribution in [0.15, 0.2) is 218 Å². The third-order valence-electron chi connectivity index (χ3n) is 12.4. The second-order valence-corrected chi connectivity index (χ2v) is 19.4. The average Bonchev–Trinajstić information content (AvgIpc) is 3.65. The molecular weight excluding hydrogens is 733 g/mol. The second kappa shape index (κ2) is 13.4. The summed E-state index contributed by atoms with van der Waals surface area (Å²) in [5.74, 6) is 2.52. The van der Waals surface area contributed by atoms with Crippen LogP contribution in [0.1, 0.15) is 0 Å². The van der Waals surface area contributed by atoms with E-state index in [0.29, 0.717) is 0 Å². The molecule has 0 radical (unpaired) electrons. The largest absolute Gasteiger partial charge is 0.551 e. The van der Waals surface area contributed by atoms with Gasteiger partial charge in [0.25, 0.3) is 0 Å². The third-order valence-corrected chi connectivity index (χ3v) is 17.2. The van der Waals surface area contributed by atoms with Crippen molar-refractivity contribution in [3.05, 3.63) is 218 Å². The third kappa shape index (κ3) is 5.15. The number of rotatable bonds is 6. The Morgan fingerprint density at radius 3 is 1.63 bits per heavy atom. The summed E-state index contributed by atoms with van der Waals surface area (Å²) in [4.78, 5) is 0. The van der Waals surface area contributed by atoms with Crippen LogP contribution in [0.5, 0.6) is 17.2 Å². The molecule has 0 N–H and O–H groups in total. The van der Waals surface area contributed by atoms with Crippen molar-refractivity contribution in [1.29, 1.82) is 0 Å². The quantitative estimate of drug-likeness (QED) is 0.125. The van der Waals surface area contributed by atoms with Gasteiger partial charge in [-0.25, -0.2) is 0 Å². The van der Waals surface area contributed by atoms with Gasteiger partial charge in [0.15, 0.2) is 8.07 Å². The minimum Gasteiger partial charge on any atom is -0.551 e. The molecule has 59 heavy (non-hydrogen) atoms. The summed E-state index contributed by atoms with van der Waals surface area (Å²) in [6, 6.07) is 79.4. The average molecular weight is 770 g/mol. The van der Waals surface area contributed by atoms with E-state index < -0.39 is 8.07 Å². The Labute approximate surface area is 344 Å². The van der Waals surface area contributed by atoms with E-state index in [2.05, 4.69) is 223 Å². The minimum absolute atomic E-state index is 0.332. The van der Waals surface area contributed by atoms with Crippen LogP contribution >= 0.6 is 0 Å². The highest BCUT2D eigenvalue weighted by Crippen LogP contribution is 2.42. The van der Waals surface area contributed by atoms with Gasteiger partial charge in [-0.15, -0.1) is 0 Å². The topological polar surface area (TPSA) is 23.4 Å². The molecular formula is C54H36BNO2Si. The number of nitrogens with zero attached hydrogens (tertiary/aromatic N) is 1. The van der Waals surface area contributed by atoms with Crippen molar-refractivity contribution in [2.75, 3.05) is 0 Å². The molecule has 3 heterocycles. The van der Waals surface area contributed by atoms with Crippen LogP contribution < -0.4 is 41.1 Å². The summed E-state index contributed by atoms with van der Waals surface area (Å²) in [5.41, 5.74) is 9.98. The smallest absolute Gasteiger partial charge is 0.434 e. The van der Waals surface area contributed by atoms with Gasteiger partial charge >= 0.3 is 6.92 Å². The molecule has 0 fully saturated rings. The monoisotopic (exact) mass is 769 g/mol. The van der Waals surface area contributed by atoms with Gasteiger partial charge in [0.1, 0.15) is 17.2 Å². The molecule has 0 bridgehead atoms. The maximum Gasteiger partial charge on any atom is 0.434 e. The number of fused-ring (bicyclic) bond motifs is 7. The predicted molar refractivity (Wildman–Crippen MR) is 247 cm³/mol. The van der Waals surface area contributed by atoms with Gasteiger partial charge in [0.05, 0.1) is 11.0 Å². The van der Waals surface area contributed by atoms with E-state index in [1.807, 2.05) is 0 Å². The molecule has 2 aliphatic heterocycles. The standard InChI is InChI=1S/C54H36BNO2Si/c1-4-18-40(19-5-1)59(41-20-6-2-7-21-41,42-22-8-3-9-23-42)43-24-16-17-37(33-43)38-34-47-46-27-12-15-30-51(46)58-55-48-36-39(31-32-52(48)57-53(35-38)54(47)55)56-49-28-13-10-25-44(49)45-26-11-14-29-50(45)56/h1-36H. The van der Waals surface area contributed by atoms with Crippen molar-refractivity contribution >= 4 is 68.5 Å². The van der Waals surface area contributed by atoms with Gasteiger partial charge < -0.3 is 14.0 Å². The molecule has 0 atom stereocenters. The Morgan fingerprint density at radius 2 is 0.966 bits per heavy atom. The SMILES string of the molecule is c1ccc([Si](c2ccccc2)(c2ccccc2)c2cccc(-c3cc4c5c(c3)-c3ccccc3OB5c3cc(-n5c6ccccc6c6ccccc65)ccc3O4)c2)cc1. The lowest BCUT2D eigenvalue weighted by Crippen LogP contribution is -2.74. The lowest BCUT2D eigenvalue weighted by Gasteiger charge is -2.35. The Bertz CT molecular complexity index is 3090. The zero-order chi connectivity index (χ0) is 38.9. The molecule has 12 rings (SSSR count). The molecule has 0 aliphatic carbocycles. The Hall–Kier alpha value is -7.34. The summed E-state index contributed by atoms with van der Waals surface area (Å²) in [6.07, 6.45) is 0. The summed E-state index contributed by atoms with van der Waals surface area (Å²) < 4.78 is 16.3. The molecule has 0 spiro atoms. The number of aromatic nitrogens is 1. The summed E-state index contributed by atoms with van der Waals surface area (Å²) >= 11 is 0. The number of ether oxygens (including phenoxy) is 1. The van der Waals surface area contributed by atoms with E-state index >= 15 is 0 Å². The van der Waals surface area contributed by atoms with Crippen LogP contribution in [0.2, 0.25) is 0 Å². The first-order chi connectivity index (χ1) is 29.3. The van der Waals surface area contributed by atoms with Crippen LogP contribution in [0.3, 0.4) is 0 Å². The first kappa shape index (κ1) is 33.8. The zero-order valence-electron chi connectivity index (χ0n) is 32.1. The van der Waals surface area contributed by atoms with Crippen molar-refractivity contribution in [2.24, 2.45) is 0 Å². The normalized spacial score (nSPS) is 12.6. The molecule has 10 aromatic rings.